The normalized spacial score (nSPS) is 14.5. The predicted molar refractivity (Wildman–Crippen MR) is 135 cm³/mol. The smallest absolute Gasteiger partial charge is 0.352 e. The molecule has 2 heterocycles. The lowest BCUT2D eigenvalue weighted by Gasteiger charge is -2.34. The number of rotatable bonds is 12. The minimum Gasteiger partial charge on any atom is -0.497 e. The van der Waals surface area contributed by atoms with Crippen LogP contribution in [0.2, 0.25) is 0 Å². The Morgan fingerprint density at radius 1 is 1.03 bits per heavy atom. The molecule has 9 nitrogen and oxygen atoms in total. The van der Waals surface area contributed by atoms with Gasteiger partial charge in [0.15, 0.2) is 5.57 Å². The molecule has 1 saturated heterocycles. The summed E-state index contributed by atoms with van der Waals surface area (Å²) in [6.45, 7) is 6.13. The van der Waals surface area contributed by atoms with Crippen LogP contribution < -0.4 is 14.8 Å². The average Bonchev–Trinajstić information content (AvgIpc) is 2.85. The van der Waals surface area contributed by atoms with Gasteiger partial charge in [-0.15, -0.1) is 0 Å². The van der Waals surface area contributed by atoms with Crippen LogP contribution in [0.1, 0.15) is 52.1 Å². The molecule has 194 valence electrons. The third-order valence-corrected chi connectivity index (χ3v) is 5.66. The van der Waals surface area contributed by atoms with E-state index in [9.17, 15) is 9.59 Å². The first-order valence-corrected chi connectivity index (χ1v) is 12.1. The summed E-state index contributed by atoms with van der Waals surface area (Å²) < 4.78 is 21.7. The van der Waals surface area contributed by atoms with Gasteiger partial charge in [-0.2, -0.15) is 0 Å². The number of carbonyl (C=O) groups is 2. The Labute approximate surface area is 212 Å². The van der Waals surface area contributed by atoms with Crippen molar-refractivity contribution in [3.05, 3.63) is 59.7 Å². The number of methoxy groups -OCH3 is 2. The van der Waals surface area contributed by atoms with Gasteiger partial charge in [0.2, 0.25) is 0 Å². The number of aromatic nitrogens is 1. The molecule has 0 bridgehead atoms. The number of hydrogen-bond acceptors (Lipinski definition) is 9. The van der Waals surface area contributed by atoms with Crippen molar-refractivity contribution in [3.8, 4) is 11.5 Å². The van der Waals surface area contributed by atoms with Gasteiger partial charge in [-0.05, 0) is 30.7 Å². The van der Waals surface area contributed by atoms with E-state index in [1.807, 2.05) is 23.1 Å². The zero-order valence-corrected chi connectivity index (χ0v) is 21.6. The highest BCUT2D eigenvalue weighted by atomic mass is 16.7. The van der Waals surface area contributed by atoms with E-state index in [0.717, 1.165) is 31.4 Å². The second-order valence-electron chi connectivity index (χ2n) is 8.90. The summed E-state index contributed by atoms with van der Waals surface area (Å²) >= 11 is 0. The third-order valence-electron chi connectivity index (χ3n) is 5.66. The molecular formula is C27H35N3O6. The molecule has 1 aliphatic heterocycles. The number of pyridine rings is 1. The Kier molecular flexibility index (Phi) is 9.16. The zero-order chi connectivity index (χ0) is 26.1. The predicted octanol–water partition coefficient (Wildman–Crippen LogP) is 4.64. The fourth-order valence-corrected chi connectivity index (χ4v) is 3.86. The highest BCUT2D eigenvalue weighted by Crippen LogP contribution is 2.33. The van der Waals surface area contributed by atoms with Crippen LogP contribution in [-0.2, 0) is 25.6 Å². The molecule has 0 unspecified atom stereocenters. The minimum atomic E-state index is -1.35. The van der Waals surface area contributed by atoms with Crippen LogP contribution in [0.25, 0.3) is 0 Å². The summed E-state index contributed by atoms with van der Waals surface area (Å²) in [5, 5.41) is 3.26. The van der Waals surface area contributed by atoms with E-state index >= 15 is 0 Å². The third kappa shape index (κ3) is 6.90. The molecule has 1 aliphatic rings. The van der Waals surface area contributed by atoms with Gasteiger partial charge in [-0.1, -0.05) is 32.3 Å². The number of cyclic esters (lactones) is 2. The van der Waals surface area contributed by atoms with Gasteiger partial charge < -0.3 is 29.2 Å². The van der Waals surface area contributed by atoms with Gasteiger partial charge >= 0.3 is 11.9 Å². The van der Waals surface area contributed by atoms with Crippen molar-refractivity contribution in [1.29, 1.82) is 0 Å². The maximum absolute atomic E-state index is 13.1. The summed E-state index contributed by atoms with van der Waals surface area (Å²) in [6.07, 6.45) is 5.74. The molecule has 0 spiro atoms. The molecule has 1 aromatic carbocycles. The van der Waals surface area contributed by atoms with Crippen molar-refractivity contribution in [2.24, 2.45) is 0 Å². The average molecular weight is 498 g/mol. The number of carbonyl (C=O) groups excluding carboxylic acids is 2. The van der Waals surface area contributed by atoms with Crippen molar-refractivity contribution in [2.75, 3.05) is 26.1 Å². The first kappa shape index (κ1) is 26.8. The number of nitrogens with one attached hydrogen (secondary N) is 1. The Hall–Kier alpha value is -3.75. The molecule has 2 aromatic rings. The van der Waals surface area contributed by atoms with E-state index in [1.165, 1.54) is 21.0 Å². The van der Waals surface area contributed by atoms with Gasteiger partial charge in [0, 0.05) is 32.7 Å². The molecule has 9 heteroatoms. The largest absolute Gasteiger partial charge is 0.497 e. The van der Waals surface area contributed by atoms with Crippen molar-refractivity contribution in [1.82, 2.24) is 9.88 Å². The van der Waals surface area contributed by atoms with Crippen LogP contribution >= 0.6 is 0 Å². The van der Waals surface area contributed by atoms with Crippen LogP contribution in [0.3, 0.4) is 0 Å². The molecule has 0 atom stereocenters. The lowest BCUT2D eigenvalue weighted by Crippen LogP contribution is -2.44. The molecule has 3 rings (SSSR count). The maximum atomic E-state index is 13.1. The Morgan fingerprint density at radius 3 is 2.39 bits per heavy atom. The summed E-state index contributed by atoms with van der Waals surface area (Å²) in [6, 6.07) is 10.9. The summed E-state index contributed by atoms with van der Waals surface area (Å²) in [5.41, 5.74) is 1.12. The molecule has 0 aliphatic carbocycles. The second-order valence-corrected chi connectivity index (χ2v) is 8.90. The van der Waals surface area contributed by atoms with Crippen molar-refractivity contribution in [3.63, 3.8) is 0 Å². The molecule has 1 N–H and O–H groups in total. The standard InChI is InChI=1S/C27H35N3O6/c1-6-7-8-11-16-30(18-19-12-9-10-15-28-19)24(23-25(31)35-27(2,3)36-26(23)32)29-21-14-13-20(33-4)17-22(21)34-5/h9-10,12-15,17,29H,6-8,11,16,18H2,1-5H3. The van der Waals surface area contributed by atoms with Gasteiger partial charge in [0.1, 0.15) is 17.3 Å². The molecule has 0 radical (unpaired) electrons. The number of anilines is 1. The van der Waals surface area contributed by atoms with E-state index in [0.29, 0.717) is 30.3 Å². The minimum absolute atomic E-state index is 0.210. The van der Waals surface area contributed by atoms with E-state index in [-0.39, 0.29) is 11.4 Å². The topological polar surface area (TPSA) is 99.2 Å². The number of hydrogen-bond donors (Lipinski definition) is 1. The lowest BCUT2D eigenvalue weighted by atomic mass is 10.1. The van der Waals surface area contributed by atoms with Gasteiger partial charge in [-0.25, -0.2) is 9.59 Å². The fourth-order valence-electron chi connectivity index (χ4n) is 3.86. The Balaban J connectivity index is 2.09. The van der Waals surface area contributed by atoms with E-state index < -0.39 is 17.7 Å². The van der Waals surface area contributed by atoms with E-state index in [4.69, 9.17) is 18.9 Å². The van der Waals surface area contributed by atoms with E-state index in [2.05, 4.69) is 17.2 Å². The van der Waals surface area contributed by atoms with Crippen molar-refractivity contribution in [2.45, 2.75) is 58.8 Å². The lowest BCUT2D eigenvalue weighted by molar-refractivity contribution is -0.222. The Morgan fingerprint density at radius 2 is 1.78 bits per heavy atom. The highest BCUT2D eigenvalue weighted by Gasteiger charge is 2.42. The maximum Gasteiger partial charge on any atom is 0.352 e. The molecule has 1 aromatic heterocycles. The highest BCUT2D eigenvalue weighted by molar-refractivity contribution is 6.16. The quantitative estimate of drug-likeness (QED) is 0.195. The second kappa shape index (κ2) is 12.3. The number of ether oxygens (including phenoxy) is 4. The van der Waals surface area contributed by atoms with Gasteiger partial charge in [0.25, 0.3) is 5.79 Å². The molecule has 36 heavy (non-hydrogen) atoms. The zero-order valence-electron chi connectivity index (χ0n) is 21.6. The van der Waals surface area contributed by atoms with Crippen LogP contribution in [0.15, 0.2) is 54.0 Å². The fraction of sp³-hybridized carbons (Fsp3) is 0.444. The van der Waals surface area contributed by atoms with Crippen LogP contribution in [0.5, 0.6) is 11.5 Å². The summed E-state index contributed by atoms with van der Waals surface area (Å²) in [7, 11) is 3.10. The van der Waals surface area contributed by atoms with Crippen LogP contribution in [0.4, 0.5) is 5.69 Å². The Bertz CT molecular complexity index is 1060. The molecule has 0 amide bonds. The molecule has 1 fully saturated rings. The van der Waals surface area contributed by atoms with Crippen molar-refractivity contribution < 1.29 is 28.5 Å². The van der Waals surface area contributed by atoms with Gasteiger partial charge in [0.05, 0.1) is 32.1 Å². The van der Waals surface area contributed by atoms with Crippen molar-refractivity contribution >= 4 is 17.6 Å². The monoisotopic (exact) mass is 497 g/mol. The van der Waals surface area contributed by atoms with Crippen LogP contribution in [0, 0.1) is 0 Å². The molecule has 0 saturated carbocycles. The van der Waals surface area contributed by atoms with Gasteiger partial charge in [-0.3, -0.25) is 4.98 Å². The van der Waals surface area contributed by atoms with Crippen LogP contribution in [-0.4, -0.2) is 48.4 Å². The van der Waals surface area contributed by atoms with E-state index in [1.54, 1.807) is 31.5 Å². The number of unbranched alkanes of at least 4 members (excludes halogenated alkanes) is 3. The first-order chi connectivity index (χ1) is 17.3. The summed E-state index contributed by atoms with van der Waals surface area (Å²) in [4.78, 5) is 32.6. The molecular weight excluding hydrogens is 462 g/mol. The number of benzene rings is 1. The summed E-state index contributed by atoms with van der Waals surface area (Å²) in [5.74, 6) is -1.51. The number of esters is 2. The SMILES string of the molecule is CCCCCCN(Cc1ccccn1)C(Nc1ccc(OC)cc1OC)=C1C(=O)OC(C)(C)OC1=O. The number of nitrogens with zero attached hydrogens (tertiary/aromatic N) is 2. The first-order valence-electron chi connectivity index (χ1n) is 12.1.